The van der Waals surface area contributed by atoms with Crippen LogP contribution >= 0.6 is 0 Å². The summed E-state index contributed by atoms with van der Waals surface area (Å²) in [6.07, 6.45) is 4.88. The number of amides is 2. The summed E-state index contributed by atoms with van der Waals surface area (Å²) in [5.41, 5.74) is 0.800. The van der Waals surface area contributed by atoms with Gasteiger partial charge in [0.1, 0.15) is 0 Å². The summed E-state index contributed by atoms with van der Waals surface area (Å²) >= 11 is 0. The molecule has 1 rings (SSSR count). The Balaban J connectivity index is 2.25. The topological polar surface area (TPSA) is 107 Å². The van der Waals surface area contributed by atoms with E-state index in [4.69, 9.17) is 5.11 Å². The van der Waals surface area contributed by atoms with Crippen LogP contribution in [-0.2, 0) is 4.79 Å². The SMILES string of the molecule is CC(NC(=O)NCCC(C)(C)CCC(=O)O)c1cn[nH]c1. The Kier molecular flexibility index (Phi) is 6.20. The molecule has 0 spiro atoms. The van der Waals surface area contributed by atoms with Crippen LogP contribution in [0.25, 0.3) is 0 Å². The summed E-state index contributed by atoms with van der Waals surface area (Å²) in [5, 5.41) is 20.8. The highest BCUT2D eigenvalue weighted by molar-refractivity contribution is 5.74. The van der Waals surface area contributed by atoms with Crippen LogP contribution < -0.4 is 10.6 Å². The van der Waals surface area contributed by atoms with Crippen molar-refractivity contribution in [2.24, 2.45) is 5.41 Å². The number of hydrogen-bond acceptors (Lipinski definition) is 3. The lowest BCUT2D eigenvalue weighted by Crippen LogP contribution is -2.38. The average Bonchev–Trinajstić information content (AvgIpc) is 2.90. The van der Waals surface area contributed by atoms with Gasteiger partial charge in [0, 0.05) is 24.7 Å². The molecule has 0 saturated carbocycles. The molecule has 4 N–H and O–H groups in total. The van der Waals surface area contributed by atoms with Crippen molar-refractivity contribution in [2.75, 3.05) is 6.54 Å². The predicted molar refractivity (Wildman–Crippen MR) is 78.8 cm³/mol. The minimum Gasteiger partial charge on any atom is -0.481 e. The molecule has 1 atom stereocenters. The third-order valence-corrected chi connectivity index (χ3v) is 3.47. The number of aliphatic carboxylic acids is 1. The fraction of sp³-hybridized carbons (Fsp3) is 0.643. The van der Waals surface area contributed by atoms with Crippen LogP contribution in [0.4, 0.5) is 4.79 Å². The molecule has 118 valence electrons. The number of hydrogen-bond donors (Lipinski definition) is 4. The minimum atomic E-state index is -0.789. The number of carboxylic acid groups (broad SMARTS) is 1. The summed E-state index contributed by atoms with van der Waals surface area (Å²) in [6, 6.07) is -0.360. The molecule has 7 nitrogen and oxygen atoms in total. The third-order valence-electron chi connectivity index (χ3n) is 3.47. The largest absolute Gasteiger partial charge is 0.481 e. The number of rotatable bonds is 8. The van der Waals surface area contributed by atoms with Crippen molar-refractivity contribution in [3.63, 3.8) is 0 Å². The van der Waals surface area contributed by atoms with E-state index < -0.39 is 5.97 Å². The smallest absolute Gasteiger partial charge is 0.315 e. The number of carbonyl (C=O) groups excluding carboxylic acids is 1. The molecule has 0 aliphatic heterocycles. The number of H-pyrrole nitrogens is 1. The fourth-order valence-electron chi connectivity index (χ4n) is 1.91. The van der Waals surface area contributed by atoms with E-state index in [-0.39, 0.29) is 23.9 Å². The van der Waals surface area contributed by atoms with E-state index in [0.717, 1.165) is 12.0 Å². The van der Waals surface area contributed by atoms with Crippen LogP contribution in [0.1, 0.15) is 51.6 Å². The van der Waals surface area contributed by atoms with E-state index >= 15 is 0 Å². The van der Waals surface area contributed by atoms with Crippen molar-refractivity contribution in [1.29, 1.82) is 0 Å². The molecular weight excluding hydrogens is 272 g/mol. The van der Waals surface area contributed by atoms with Gasteiger partial charge in [-0.15, -0.1) is 0 Å². The van der Waals surface area contributed by atoms with E-state index in [1.54, 1.807) is 12.4 Å². The molecule has 21 heavy (non-hydrogen) atoms. The first-order chi connectivity index (χ1) is 9.80. The van der Waals surface area contributed by atoms with Gasteiger partial charge < -0.3 is 15.7 Å². The van der Waals surface area contributed by atoms with E-state index in [0.29, 0.717) is 13.0 Å². The lowest BCUT2D eigenvalue weighted by molar-refractivity contribution is -0.137. The van der Waals surface area contributed by atoms with E-state index in [2.05, 4.69) is 20.8 Å². The van der Waals surface area contributed by atoms with Gasteiger partial charge >= 0.3 is 12.0 Å². The Bertz CT molecular complexity index is 457. The maximum absolute atomic E-state index is 11.8. The van der Waals surface area contributed by atoms with Crippen molar-refractivity contribution < 1.29 is 14.7 Å². The van der Waals surface area contributed by atoms with E-state index in [9.17, 15) is 9.59 Å². The van der Waals surface area contributed by atoms with Gasteiger partial charge in [0.2, 0.25) is 0 Å². The second-order valence-corrected chi connectivity index (χ2v) is 5.96. The Morgan fingerprint density at radius 3 is 2.71 bits per heavy atom. The number of urea groups is 1. The molecular formula is C14H24N4O3. The molecule has 0 aliphatic carbocycles. The molecule has 2 amide bonds. The average molecular weight is 296 g/mol. The fourth-order valence-corrected chi connectivity index (χ4v) is 1.91. The molecule has 0 aromatic carbocycles. The second kappa shape index (κ2) is 7.66. The van der Waals surface area contributed by atoms with Crippen LogP contribution in [0.3, 0.4) is 0 Å². The van der Waals surface area contributed by atoms with Gasteiger partial charge in [-0.2, -0.15) is 5.10 Å². The summed E-state index contributed by atoms with van der Waals surface area (Å²) in [7, 11) is 0. The van der Waals surface area contributed by atoms with Crippen molar-refractivity contribution in [3.8, 4) is 0 Å². The monoisotopic (exact) mass is 296 g/mol. The molecule has 1 unspecified atom stereocenters. The Morgan fingerprint density at radius 2 is 2.14 bits per heavy atom. The summed E-state index contributed by atoms with van der Waals surface area (Å²) in [6.45, 7) is 6.39. The number of carbonyl (C=O) groups is 2. The first-order valence-electron chi connectivity index (χ1n) is 7.05. The number of nitrogens with one attached hydrogen (secondary N) is 3. The van der Waals surface area contributed by atoms with Gasteiger partial charge in [-0.3, -0.25) is 9.89 Å². The van der Waals surface area contributed by atoms with Gasteiger partial charge in [-0.25, -0.2) is 4.79 Å². The van der Waals surface area contributed by atoms with Crippen molar-refractivity contribution in [2.45, 2.75) is 46.1 Å². The van der Waals surface area contributed by atoms with Gasteiger partial charge in [-0.05, 0) is 25.2 Å². The Labute approximate surface area is 124 Å². The maximum atomic E-state index is 11.8. The second-order valence-electron chi connectivity index (χ2n) is 5.96. The predicted octanol–water partition coefficient (Wildman–Crippen LogP) is 2.05. The first-order valence-corrected chi connectivity index (χ1v) is 7.05. The minimum absolute atomic E-state index is 0.109. The maximum Gasteiger partial charge on any atom is 0.315 e. The van der Waals surface area contributed by atoms with Crippen LogP contribution in [0.5, 0.6) is 0 Å². The molecule has 0 saturated heterocycles. The molecule has 0 aliphatic rings. The molecule has 1 aromatic rings. The molecule has 0 radical (unpaired) electrons. The highest BCUT2D eigenvalue weighted by Gasteiger charge is 2.19. The lowest BCUT2D eigenvalue weighted by Gasteiger charge is -2.24. The zero-order chi connectivity index (χ0) is 15.9. The number of carboxylic acids is 1. The van der Waals surface area contributed by atoms with Crippen molar-refractivity contribution in [1.82, 2.24) is 20.8 Å². The molecule has 0 fully saturated rings. The highest BCUT2D eigenvalue weighted by Crippen LogP contribution is 2.25. The van der Waals surface area contributed by atoms with Crippen LogP contribution in [0.2, 0.25) is 0 Å². The summed E-state index contributed by atoms with van der Waals surface area (Å²) in [5.74, 6) is -0.789. The quantitative estimate of drug-likeness (QED) is 0.589. The Hall–Kier alpha value is -2.05. The molecule has 0 bridgehead atoms. The standard InChI is InChI=1S/C14H24N4O3/c1-10(11-8-16-17-9-11)18-13(21)15-7-6-14(2,3)5-4-12(19)20/h8-10H,4-7H2,1-3H3,(H,16,17)(H,19,20)(H2,15,18,21). The molecule has 1 aromatic heterocycles. The summed E-state index contributed by atoms with van der Waals surface area (Å²) in [4.78, 5) is 22.3. The zero-order valence-electron chi connectivity index (χ0n) is 12.8. The number of aromatic nitrogens is 2. The zero-order valence-corrected chi connectivity index (χ0v) is 12.8. The Morgan fingerprint density at radius 1 is 1.43 bits per heavy atom. The highest BCUT2D eigenvalue weighted by atomic mass is 16.4. The summed E-state index contributed by atoms with van der Waals surface area (Å²) < 4.78 is 0. The van der Waals surface area contributed by atoms with Gasteiger partial charge in [0.05, 0.1) is 12.2 Å². The normalized spacial score (nSPS) is 12.7. The van der Waals surface area contributed by atoms with Crippen molar-refractivity contribution in [3.05, 3.63) is 18.0 Å². The van der Waals surface area contributed by atoms with Crippen LogP contribution in [0.15, 0.2) is 12.4 Å². The van der Waals surface area contributed by atoms with Crippen LogP contribution in [-0.4, -0.2) is 33.8 Å². The van der Waals surface area contributed by atoms with Gasteiger partial charge in [0.25, 0.3) is 0 Å². The number of aromatic amines is 1. The molecule has 7 heteroatoms. The van der Waals surface area contributed by atoms with Gasteiger partial charge in [0.15, 0.2) is 0 Å². The number of nitrogens with zero attached hydrogens (tertiary/aromatic N) is 1. The van der Waals surface area contributed by atoms with Gasteiger partial charge in [-0.1, -0.05) is 13.8 Å². The van der Waals surface area contributed by atoms with E-state index in [1.807, 2.05) is 20.8 Å². The first kappa shape index (κ1) is 17.0. The van der Waals surface area contributed by atoms with Crippen molar-refractivity contribution >= 4 is 12.0 Å². The third kappa shape index (κ3) is 6.78. The van der Waals surface area contributed by atoms with E-state index in [1.165, 1.54) is 0 Å². The van der Waals surface area contributed by atoms with Crippen LogP contribution in [0, 0.1) is 5.41 Å². The molecule has 1 heterocycles. The lowest BCUT2D eigenvalue weighted by atomic mass is 9.84.